The number of carbonyl (C=O) groups excluding carboxylic acids is 1. The monoisotopic (exact) mass is 296 g/mol. The number of urea groups is 1. The minimum absolute atomic E-state index is 0.213. The minimum Gasteiger partial charge on any atom is -0.454 e. The van der Waals surface area contributed by atoms with Crippen LogP contribution in [0.4, 0.5) is 10.5 Å². The molecule has 0 radical (unpaired) electrons. The molecule has 0 bridgehead atoms. The molecule has 1 heterocycles. The fourth-order valence-electron chi connectivity index (χ4n) is 2.13. The van der Waals surface area contributed by atoms with Crippen LogP contribution in [0.3, 0.4) is 0 Å². The van der Waals surface area contributed by atoms with Crippen molar-refractivity contribution in [3.63, 3.8) is 0 Å². The molecule has 0 saturated heterocycles. The molecule has 1 aliphatic heterocycles. The van der Waals surface area contributed by atoms with Crippen molar-refractivity contribution in [1.29, 1.82) is 0 Å². The quantitative estimate of drug-likeness (QED) is 0.911. The lowest BCUT2D eigenvalue weighted by Crippen LogP contribution is -2.23. The first-order valence-corrected chi connectivity index (χ1v) is 6.91. The molecule has 112 valence electrons. The Kier molecular flexibility index (Phi) is 3.96. The molecular formula is C17H16N2O3. The third-order valence-electron chi connectivity index (χ3n) is 3.16. The number of benzene rings is 2. The number of ether oxygens (including phenoxy) is 2. The number of nitrogens with one attached hydrogen (secondary N) is 2. The van der Waals surface area contributed by atoms with Gasteiger partial charge in [0.2, 0.25) is 6.79 Å². The van der Waals surface area contributed by atoms with Gasteiger partial charge in [0.15, 0.2) is 11.5 Å². The van der Waals surface area contributed by atoms with E-state index in [1.165, 1.54) is 5.56 Å². The average molecular weight is 296 g/mol. The maximum absolute atomic E-state index is 11.8. The zero-order chi connectivity index (χ0) is 15.4. The molecule has 0 unspecified atom stereocenters. The summed E-state index contributed by atoms with van der Waals surface area (Å²) in [6.07, 6.45) is 3.45. The predicted molar refractivity (Wildman–Crippen MR) is 84.9 cm³/mol. The Balaban J connectivity index is 1.56. The van der Waals surface area contributed by atoms with E-state index in [9.17, 15) is 4.79 Å². The Hall–Kier alpha value is -2.95. The van der Waals surface area contributed by atoms with Crippen LogP contribution in [0.25, 0.3) is 6.08 Å². The van der Waals surface area contributed by atoms with Crippen LogP contribution in [0.1, 0.15) is 11.1 Å². The van der Waals surface area contributed by atoms with E-state index >= 15 is 0 Å². The molecule has 0 fully saturated rings. The fraction of sp³-hybridized carbons (Fsp3) is 0.118. The Morgan fingerprint density at radius 1 is 1.14 bits per heavy atom. The van der Waals surface area contributed by atoms with E-state index in [4.69, 9.17) is 9.47 Å². The molecule has 2 N–H and O–H groups in total. The largest absolute Gasteiger partial charge is 0.454 e. The summed E-state index contributed by atoms with van der Waals surface area (Å²) in [6, 6.07) is 12.9. The van der Waals surface area contributed by atoms with Gasteiger partial charge in [0.05, 0.1) is 0 Å². The van der Waals surface area contributed by atoms with E-state index in [0.29, 0.717) is 17.2 Å². The Morgan fingerprint density at radius 3 is 2.86 bits per heavy atom. The molecule has 0 saturated carbocycles. The topological polar surface area (TPSA) is 59.6 Å². The van der Waals surface area contributed by atoms with Crippen LogP contribution in [-0.2, 0) is 0 Å². The second kappa shape index (κ2) is 6.22. The number of carbonyl (C=O) groups is 1. The van der Waals surface area contributed by atoms with E-state index < -0.39 is 0 Å². The van der Waals surface area contributed by atoms with Gasteiger partial charge in [-0.1, -0.05) is 29.8 Å². The maximum Gasteiger partial charge on any atom is 0.323 e. The first-order valence-electron chi connectivity index (χ1n) is 6.91. The van der Waals surface area contributed by atoms with Crippen LogP contribution in [0.2, 0.25) is 0 Å². The lowest BCUT2D eigenvalue weighted by Gasteiger charge is -2.05. The zero-order valence-electron chi connectivity index (χ0n) is 12.1. The van der Waals surface area contributed by atoms with Crippen molar-refractivity contribution in [1.82, 2.24) is 5.32 Å². The number of aryl methyl sites for hydroxylation is 1. The third kappa shape index (κ3) is 3.38. The van der Waals surface area contributed by atoms with Gasteiger partial charge >= 0.3 is 6.03 Å². The molecule has 5 nitrogen and oxygen atoms in total. The van der Waals surface area contributed by atoms with Crippen molar-refractivity contribution in [3.05, 3.63) is 59.8 Å². The number of rotatable bonds is 3. The van der Waals surface area contributed by atoms with E-state index in [2.05, 4.69) is 10.6 Å². The number of anilines is 1. The van der Waals surface area contributed by atoms with Gasteiger partial charge in [0, 0.05) is 18.0 Å². The lowest BCUT2D eigenvalue weighted by atomic mass is 10.1. The second-order valence-corrected chi connectivity index (χ2v) is 4.91. The van der Waals surface area contributed by atoms with Crippen molar-refractivity contribution in [2.75, 3.05) is 12.1 Å². The summed E-state index contributed by atoms with van der Waals surface area (Å²) in [5.41, 5.74) is 2.85. The summed E-state index contributed by atoms with van der Waals surface area (Å²) in [5.74, 6) is 1.32. The highest BCUT2D eigenvalue weighted by Crippen LogP contribution is 2.34. The summed E-state index contributed by atoms with van der Waals surface area (Å²) in [5, 5.41) is 5.40. The normalized spacial score (nSPS) is 12.4. The molecule has 2 amide bonds. The second-order valence-electron chi connectivity index (χ2n) is 4.91. The summed E-state index contributed by atoms with van der Waals surface area (Å²) in [6.45, 7) is 2.24. The number of amides is 2. The first kappa shape index (κ1) is 14.0. The Morgan fingerprint density at radius 2 is 2.00 bits per heavy atom. The van der Waals surface area contributed by atoms with Gasteiger partial charge in [-0.05, 0) is 30.7 Å². The van der Waals surface area contributed by atoms with Crippen molar-refractivity contribution < 1.29 is 14.3 Å². The van der Waals surface area contributed by atoms with Crippen molar-refractivity contribution in [3.8, 4) is 11.5 Å². The molecule has 0 aromatic heterocycles. The van der Waals surface area contributed by atoms with E-state index in [1.54, 1.807) is 24.4 Å². The molecule has 5 heteroatoms. The molecule has 2 aromatic rings. The van der Waals surface area contributed by atoms with E-state index in [0.717, 1.165) is 5.56 Å². The summed E-state index contributed by atoms with van der Waals surface area (Å²) >= 11 is 0. The fourth-order valence-corrected chi connectivity index (χ4v) is 2.13. The van der Waals surface area contributed by atoms with Gasteiger partial charge in [0.1, 0.15) is 0 Å². The lowest BCUT2D eigenvalue weighted by molar-refractivity contribution is 0.174. The molecule has 22 heavy (non-hydrogen) atoms. The maximum atomic E-state index is 11.8. The zero-order valence-corrected chi connectivity index (χ0v) is 12.1. The standard InChI is InChI=1S/C17H16N2O3/c1-12-3-2-4-13(9-12)7-8-18-17(20)19-14-5-6-15-16(10-14)22-11-21-15/h2-10H,11H2,1H3,(H2,18,19,20)/b8-7+. The van der Waals surface area contributed by atoms with E-state index in [1.807, 2.05) is 37.3 Å². The summed E-state index contributed by atoms with van der Waals surface area (Å²) in [4.78, 5) is 11.8. The summed E-state index contributed by atoms with van der Waals surface area (Å²) < 4.78 is 10.5. The molecule has 1 aliphatic rings. The van der Waals surface area contributed by atoms with Crippen LogP contribution < -0.4 is 20.1 Å². The minimum atomic E-state index is -0.317. The SMILES string of the molecule is Cc1cccc(/C=C/NC(=O)Nc2ccc3c(c2)OCO3)c1. The Bertz CT molecular complexity index is 726. The smallest absolute Gasteiger partial charge is 0.323 e. The van der Waals surface area contributed by atoms with Crippen LogP contribution in [0.15, 0.2) is 48.7 Å². The van der Waals surface area contributed by atoms with Crippen molar-refractivity contribution in [2.24, 2.45) is 0 Å². The van der Waals surface area contributed by atoms with Gasteiger partial charge in [-0.3, -0.25) is 0 Å². The summed E-state index contributed by atoms with van der Waals surface area (Å²) in [7, 11) is 0. The van der Waals surface area contributed by atoms with Crippen LogP contribution in [-0.4, -0.2) is 12.8 Å². The van der Waals surface area contributed by atoms with Crippen LogP contribution in [0.5, 0.6) is 11.5 Å². The van der Waals surface area contributed by atoms with Crippen LogP contribution >= 0.6 is 0 Å². The Labute approximate surface area is 128 Å². The highest BCUT2D eigenvalue weighted by Gasteiger charge is 2.13. The van der Waals surface area contributed by atoms with Crippen molar-refractivity contribution in [2.45, 2.75) is 6.92 Å². The van der Waals surface area contributed by atoms with Gasteiger partial charge in [-0.2, -0.15) is 0 Å². The highest BCUT2D eigenvalue weighted by molar-refractivity contribution is 5.90. The van der Waals surface area contributed by atoms with Crippen molar-refractivity contribution >= 4 is 17.8 Å². The molecule has 0 aliphatic carbocycles. The van der Waals surface area contributed by atoms with Gasteiger partial charge in [-0.15, -0.1) is 0 Å². The van der Waals surface area contributed by atoms with Gasteiger partial charge < -0.3 is 20.1 Å². The third-order valence-corrected chi connectivity index (χ3v) is 3.16. The van der Waals surface area contributed by atoms with Gasteiger partial charge in [-0.25, -0.2) is 4.79 Å². The van der Waals surface area contributed by atoms with Gasteiger partial charge in [0.25, 0.3) is 0 Å². The number of hydrogen-bond acceptors (Lipinski definition) is 3. The predicted octanol–water partition coefficient (Wildman–Crippen LogP) is 3.52. The first-order chi connectivity index (χ1) is 10.7. The molecule has 0 atom stereocenters. The molecular weight excluding hydrogens is 280 g/mol. The molecule has 0 spiro atoms. The number of fused-ring (bicyclic) bond motifs is 1. The van der Waals surface area contributed by atoms with E-state index in [-0.39, 0.29) is 12.8 Å². The average Bonchev–Trinajstić information content (AvgIpc) is 2.95. The molecule has 2 aromatic carbocycles. The number of hydrogen-bond donors (Lipinski definition) is 2. The highest BCUT2D eigenvalue weighted by atomic mass is 16.7. The van der Waals surface area contributed by atoms with Crippen LogP contribution in [0, 0.1) is 6.92 Å². The molecule has 3 rings (SSSR count).